The molecule has 1 fully saturated rings. The lowest BCUT2D eigenvalue weighted by Gasteiger charge is -2.25. The Morgan fingerprint density at radius 1 is 1.33 bits per heavy atom. The van der Waals surface area contributed by atoms with Gasteiger partial charge >= 0.3 is 0 Å². The highest BCUT2D eigenvalue weighted by Crippen LogP contribution is 2.27. The molecule has 0 radical (unpaired) electrons. The summed E-state index contributed by atoms with van der Waals surface area (Å²) in [5, 5.41) is 7.56. The van der Waals surface area contributed by atoms with E-state index in [0.717, 1.165) is 30.4 Å². The lowest BCUT2D eigenvalue weighted by molar-refractivity contribution is 0.259. The summed E-state index contributed by atoms with van der Waals surface area (Å²) in [5.74, 6) is 2.97. The maximum absolute atomic E-state index is 5.42. The van der Waals surface area contributed by atoms with Crippen molar-refractivity contribution in [3.05, 3.63) is 41.5 Å². The van der Waals surface area contributed by atoms with Gasteiger partial charge in [0, 0.05) is 4.90 Å². The molecule has 112 valence electrons. The lowest BCUT2D eigenvalue weighted by atomic mass is 9.94. The van der Waals surface area contributed by atoms with E-state index in [1.54, 1.807) is 11.8 Å². The summed E-state index contributed by atoms with van der Waals surface area (Å²) in [4.78, 5) is 5.77. The number of rotatable bonds is 4. The quantitative estimate of drug-likeness (QED) is 0.872. The van der Waals surface area contributed by atoms with Crippen molar-refractivity contribution in [2.45, 2.75) is 43.4 Å². The van der Waals surface area contributed by atoms with Crippen LogP contribution in [-0.2, 0) is 5.75 Å². The van der Waals surface area contributed by atoms with Gasteiger partial charge in [-0.2, -0.15) is 4.98 Å². The highest BCUT2D eigenvalue weighted by molar-refractivity contribution is 7.98. The minimum Gasteiger partial charge on any atom is -0.338 e. The Balaban J connectivity index is 1.58. The Kier molecular flexibility index (Phi) is 4.60. The van der Waals surface area contributed by atoms with Crippen LogP contribution in [0, 0.1) is 12.8 Å². The molecule has 2 unspecified atom stereocenters. The summed E-state index contributed by atoms with van der Waals surface area (Å²) in [6.45, 7) is 5.40. The van der Waals surface area contributed by atoms with Gasteiger partial charge in [-0.25, -0.2) is 0 Å². The molecule has 0 saturated carbocycles. The number of nitrogens with zero attached hydrogens (tertiary/aromatic N) is 2. The summed E-state index contributed by atoms with van der Waals surface area (Å²) in [5.41, 5.74) is 1.28. The Morgan fingerprint density at radius 3 is 2.90 bits per heavy atom. The smallest absolute Gasteiger partial charge is 0.243 e. The molecular weight excluding hydrogens is 282 g/mol. The van der Waals surface area contributed by atoms with Crippen molar-refractivity contribution >= 4 is 11.8 Å². The third-order valence-corrected chi connectivity index (χ3v) is 4.84. The zero-order valence-electron chi connectivity index (χ0n) is 12.5. The monoisotopic (exact) mass is 303 g/mol. The van der Waals surface area contributed by atoms with Gasteiger partial charge < -0.3 is 9.84 Å². The van der Waals surface area contributed by atoms with Crippen molar-refractivity contribution in [3.8, 4) is 0 Å². The summed E-state index contributed by atoms with van der Waals surface area (Å²) in [6.07, 6.45) is 2.30. The molecule has 1 N–H and O–H groups in total. The van der Waals surface area contributed by atoms with Crippen LogP contribution in [0.5, 0.6) is 0 Å². The molecule has 3 rings (SSSR count). The first-order valence-electron chi connectivity index (χ1n) is 7.46. The molecule has 0 aliphatic carbocycles. The lowest BCUT2D eigenvalue weighted by Crippen LogP contribution is -2.30. The summed E-state index contributed by atoms with van der Waals surface area (Å²) in [6, 6.07) is 8.73. The van der Waals surface area contributed by atoms with Crippen LogP contribution in [0.25, 0.3) is 0 Å². The fraction of sp³-hybridized carbons (Fsp3) is 0.500. The van der Waals surface area contributed by atoms with E-state index >= 15 is 0 Å². The predicted molar refractivity (Wildman–Crippen MR) is 84.2 cm³/mol. The van der Waals surface area contributed by atoms with Crippen LogP contribution in [0.15, 0.2) is 33.7 Å². The Morgan fingerprint density at radius 2 is 2.14 bits per heavy atom. The molecule has 4 nitrogen and oxygen atoms in total. The number of aromatic nitrogens is 2. The van der Waals surface area contributed by atoms with Crippen LogP contribution in [0.4, 0.5) is 0 Å². The third-order valence-electron chi connectivity index (χ3n) is 3.84. The minimum absolute atomic E-state index is 0.222. The largest absolute Gasteiger partial charge is 0.338 e. The molecule has 5 heteroatoms. The maximum Gasteiger partial charge on any atom is 0.243 e. The second-order valence-electron chi connectivity index (χ2n) is 5.79. The first-order chi connectivity index (χ1) is 10.2. The van der Waals surface area contributed by atoms with E-state index in [1.807, 2.05) is 0 Å². The summed E-state index contributed by atoms with van der Waals surface area (Å²) in [7, 11) is 0. The number of nitrogens with one attached hydrogen (secondary N) is 1. The second kappa shape index (κ2) is 6.62. The van der Waals surface area contributed by atoms with E-state index in [2.05, 4.69) is 53.6 Å². The average Bonchev–Trinajstić information content (AvgIpc) is 2.96. The van der Waals surface area contributed by atoms with Crippen LogP contribution in [0.3, 0.4) is 0 Å². The number of thioether (sulfide) groups is 1. The molecule has 1 aromatic heterocycles. The maximum atomic E-state index is 5.42. The van der Waals surface area contributed by atoms with Gasteiger partial charge in [0.25, 0.3) is 0 Å². The Bertz CT molecular complexity index is 581. The summed E-state index contributed by atoms with van der Waals surface area (Å²) >= 11 is 1.74. The zero-order chi connectivity index (χ0) is 14.7. The number of aryl methyl sites for hydroxylation is 1. The van der Waals surface area contributed by atoms with E-state index in [-0.39, 0.29) is 6.04 Å². The molecule has 0 spiro atoms. The van der Waals surface area contributed by atoms with Crippen molar-refractivity contribution in [3.63, 3.8) is 0 Å². The normalized spacial score (nSPS) is 22.4. The van der Waals surface area contributed by atoms with Gasteiger partial charge in [0.1, 0.15) is 0 Å². The number of hydrogen-bond acceptors (Lipinski definition) is 5. The minimum atomic E-state index is 0.222. The second-order valence-corrected chi connectivity index (χ2v) is 6.84. The van der Waals surface area contributed by atoms with E-state index in [9.17, 15) is 0 Å². The fourth-order valence-corrected chi connectivity index (χ4v) is 3.29. The van der Waals surface area contributed by atoms with Gasteiger partial charge in [0.15, 0.2) is 5.82 Å². The molecule has 21 heavy (non-hydrogen) atoms. The SMILES string of the molecule is Cc1ccc(SCc2noc(C3CC(C)CCN3)n2)cc1. The molecular formula is C16H21N3OS. The van der Waals surface area contributed by atoms with Crippen molar-refractivity contribution in [1.82, 2.24) is 15.5 Å². The van der Waals surface area contributed by atoms with Gasteiger partial charge in [-0.15, -0.1) is 11.8 Å². The van der Waals surface area contributed by atoms with Crippen LogP contribution < -0.4 is 5.32 Å². The highest BCUT2D eigenvalue weighted by Gasteiger charge is 2.24. The van der Waals surface area contributed by atoms with Crippen LogP contribution >= 0.6 is 11.8 Å². The summed E-state index contributed by atoms with van der Waals surface area (Å²) < 4.78 is 5.42. The van der Waals surface area contributed by atoms with E-state index in [0.29, 0.717) is 5.92 Å². The zero-order valence-corrected chi connectivity index (χ0v) is 13.3. The van der Waals surface area contributed by atoms with E-state index < -0.39 is 0 Å². The molecule has 0 amide bonds. The Hall–Kier alpha value is -1.33. The van der Waals surface area contributed by atoms with Crippen LogP contribution in [0.1, 0.15) is 43.1 Å². The van der Waals surface area contributed by atoms with Crippen LogP contribution in [0.2, 0.25) is 0 Å². The molecule has 1 aromatic carbocycles. The van der Waals surface area contributed by atoms with Gasteiger partial charge in [-0.05, 0) is 44.4 Å². The molecule has 2 aromatic rings. The van der Waals surface area contributed by atoms with Gasteiger partial charge in [-0.1, -0.05) is 29.8 Å². The topological polar surface area (TPSA) is 51.0 Å². The molecule has 1 aliphatic rings. The van der Waals surface area contributed by atoms with Crippen molar-refractivity contribution in [2.75, 3.05) is 6.54 Å². The van der Waals surface area contributed by atoms with E-state index in [1.165, 1.54) is 16.9 Å². The first kappa shape index (κ1) is 14.6. The molecule has 2 heterocycles. The van der Waals surface area contributed by atoms with Gasteiger partial charge in [0.05, 0.1) is 11.8 Å². The molecule has 1 saturated heterocycles. The molecule has 2 atom stereocenters. The number of hydrogen-bond donors (Lipinski definition) is 1. The van der Waals surface area contributed by atoms with Crippen molar-refractivity contribution in [2.24, 2.45) is 5.92 Å². The van der Waals surface area contributed by atoms with Crippen molar-refractivity contribution < 1.29 is 4.52 Å². The van der Waals surface area contributed by atoms with Gasteiger partial charge in [0.2, 0.25) is 5.89 Å². The fourth-order valence-electron chi connectivity index (χ4n) is 2.55. The average molecular weight is 303 g/mol. The van der Waals surface area contributed by atoms with Crippen LogP contribution in [-0.4, -0.2) is 16.7 Å². The predicted octanol–water partition coefficient (Wildman–Crippen LogP) is 3.73. The standard InChI is InChI=1S/C16H21N3OS/c1-11-3-5-13(6-4-11)21-10-15-18-16(20-19-15)14-9-12(2)7-8-17-14/h3-6,12,14,17H,7-10H2,1-2H3. The van der Waals surface area contributed by atoms with E-state index in [4.69, 9.17) is 4.52 Å². The number of piperidine rings is 1. The molecule has 1 aliphatic heterocycles. The Labute approximate surface area is 129 Å². The molecule has 0 bridgehead atoms. The van der Waals surface area contributed by atoms with Gasteiger partial charge in [-0.3, -0.25) is 0 Å². The highest BCUT2D eigenvalue weighted by atomic mass is 32.2. The van der Waals surface area contributed by atoms with Crippen molar-refractivity contribution in [1.29, 1.82) is 0 Å². The third kappa shape index (κ3) is 3.86. The first-order valence-corrected chi connectivity index (χ1v) is 8.44. The number of benzene rings is 1.